The summed E-state index contributed by atoms with van der Waals surface area (Å²) in [6.07, 6.45) is 1.41. The van der Waals surface area contributed by atoms with Gasteiger partial charge >= 0.3 is 0 Å². The largest absolute Gasteiger partial charge is 0.321 e. The number of halogens is 1. The number of nitrogens with zero attached hydrogens (tertiary/aromatic N) is 3. The number of H-pyrrole nitrogens is 1. The van der Waals surface area contributed by atoms with Gasteiger partial charge in [-0.05, 0) is 43.2 Å². The Hall–Kier alpha value is -2.91. The van der Waals surface area contributed by atoms with E-state index in [-0.39, 0.29) is 5.91 Å². The lowest BCUT2D eigenvalue weighted by Gasteiger charge is -2.09. The van der Waals surface area contributed by atoms with Gasteiger partial charge in [0, 0.05) is 17.3 Å². The zero-order valence-electron chi connectivity index (χ0n) is 12.4. The number of anilines is 1. The third-order valence-electron chi connectivity index (χ3n) is 3.75. The van der Waals surface area contributed by atoms with Crippen molar-refractivity contribution >= 4 is 34.1 Å². The minimum absolute atomic E-state index is 0.292. The third kappa shape index (κ3) is 2.62. The van der Waals surface area contributed by atoms with Gasteiger partial charge in [0.15, 0.2) is 0 Å². The molecule has 0 aliphatic carbocycles. The van der Waals surface area contributed by atoms with Crippen LogP contribution in [0.1, 0.15) is 27.2 Å². The molecule has 0 bridgehead atoms. The van der Waals surface area contributed by atoms with E-state index in [1.165, 1.54) is 6.20 Å². The molecule has 1 aromatic carbocycles. The molecular formula is C16H12ClN5O. The standard InChI is InChI=1S/C16H12ClN5O/c1-8-9(2)14(19-7-10(8)6-18)16(23)20-11-3-4-13-12(5-11)15(17)22-21-13/h3-5,7H,1-2H3,(H,20,23)(H,21,22). The van der Waals surface area contributed by atoms with Crippen molar-refractivity contribution in [2.24, 2.45) is 0 Å². The number of hydrogen-bond donors (Lipinski definition) is 2. The molecule has 1 amide bonds. The first-order chi connectivity index (χ1) is 11.0. The number of amides is 1. The predicted molar refractivity (Wildman–Crippen MR) is 87.5 cm³/mol. The van der Waals surface area contributed by atoms with Crippen molar-refractivity contribution in [1.82, 2.24) is 15.2 Å². The molecule has 2 N–H and O–H groups in total. The lowest BCUT2D eigenvalue weighted by molar-refractivity contribution is 0.102. The highest BCUT2D eigenvalue weighted by Gasteiger charge is 2.15. The molecule has 3 aromatic rings. The molecule has 0 aliphatic rings. The van der Waals surface area contributed by atoms with Crippen molar-refractivity contribution in [3.63, 3.8) is 0 Å². The number of hydrogen-bond acceptors (Lipinski definition) is 4. The first kappa shape index (κ1) is 15.0. The molecule has 0 saturated carbocycles. The molecule has 7 heteroatoms. The first-order valence-corrected chi connectivity index (χ1v) is 7.20. The maximum Gasteiger partial charge on any atom is 0.274 e. The molecule has 2 aromatic heterocycles. The summed E-state index contributed by atoms with van der Waals surface area (Å²) in [4.78, 5) is 16.5. The number of nitriles is 1. The molecule has 0 atom stereocenters. The molecule has 0 aliphatic heterocycles. The third-order valence-corrected chi connectivity index (χ3v) is 4.03. The number of aromatic amines is 1. The maximum atomic E-state index is 12.4. The summed E-state index contributed by atoms with van der Waals surface area (Å²) in [7, 11) is 0. The van der Waals surface area contributed by atoms with Crippen LogP contribution < -0.4 is 5.32 Å². The van der Waals surface area contributed by atoms with Crippen LogP contribution in [-0.4, -0.2) is 21.1 Å². The van der Waals surface area contributed by atoms with Crippen LogP contribution in [0.3, 0.4) is 0 Å². The Morgan fingerprint density at radius 1 is 1.35 bits per heavy atom. The van der Waals surface area contributed by atoms with Crippen molar-refractivity contribution in [2.75, 3.05) is 5.32 Å². The average molecular weight is 326 g/mol. The average Bonchev–Trinajstić information content (AvgIpc) is 2.91. The Labute approximate surface area is 137 Å². The molecule has 114 valence electrons. The van der Waals surface area contributed by atoms with Gasteiger partial charge in [0.1, 0.15) is 16.9 Å². The van der Waals surface area contributed by atoms with Gasteiger partial charge in [-0.2, -0.15) is 10.4 Å². The number of carbonyl (C=O) groups excluding carboxylic acids is 1. The van der Waals surface area contributed by atoms with E-state index in [9.17, 15) is 4.79 Å². The lowest BCUT2D eigenvalue weighted by Crippen LogP contribution is -2.16. The summed E-state index contributed by atoms with van der Waals surface area (Å²) < 4.78 is 0. The summed E-state index contributed by atoms with van der Waals surface area (Å²) in [6, 6.07) is 7.30. The second kappa shape index (κ2) is 5.71. The second-order valence-corrected chi connectivity index (χ2v) is 5.48. The predicted octanol–water partition coefficient (Wildman–Crippen LogP) is 3.35. The molecule has 0 fully saturated rings. The van der Waals surface area contributed by atoms with E-state index in [0.29, 0.717) is 27.7 Å². The van der Waals surface area contributed by atoms with Gasteiger partial charge in [-0.15, -0.1) is 0 Å². The summed E-state index contributed by atoms with van der Waals surface area (Å²) in [6.45, 7) is 3.57. The van der Waals surface area contributed by atoms with Crippen LogP contribution in [0.5, 0.6) is 0 Å². The van der Waals surface area contributed by atoms with Gasteiger partial charge in [0.2, 0.25) is 0 Å². The van der Waals surface area contributed by atoms with Crippen molar-refractivity contribution in [3.05, 3.63) is 51.9 Å². The summed E-state index contributed by atoms with van der Waals surface area (Å²) >= 11 is 6.00. The molecule has 0 radical (unpaired) electrons. The summed E-state index contributed by atoms with van der Waals surface area (Å²) in [5.74, 6) is -0.339. The molecule has 2 heterocycles. The highest BCUT2D eigenvalue weighted by Crippen LogP contribution is 2.24. The van der Waals surface area contributed by atoms with Crippen LogP contribution in [0.2, 0.25) is 5.15 Å². The van der Waals surface area contributed by atoms with Crippen molar-refractivity contribution in [3.8, 4) is 6.07 Å². The summed E-state index contributed by atoms with van der Waals surface area (Å²) in [5, 5.41) is 19.6. The molecular weight excluding hydrogens is 314 g/mol. The minimum atomic E-state index is -0.339. The minimum Gasteiger partial charge on any atom is -0.321 e. The number of aromatic nitrogens is 3. The van der Waals surface area contributed by atoms with Gasteiger partial charge in [-0.1, -0.05) is 11.6 Å². The van der Waals surface area contributed by atoms with Gasteiger partial charge in [0.25, 0.3) is 5.91 Å². The van der Waals surface area contributed by atoms with Gasteiger partial charge in [0.05, 0.1) is 11.1 Å². The number of pyridine rings is 1. The Morgan fingerprint density at radius 2 is 2.13 bits per heavy atom. The molecule has 23 heavy (non-hydrogen) atoms. The van der Waals surface area contributed by atoms with Crippen LogP contribution in [0.25, 0.3) is 10.9 Å². The fraction of sp³-hybridized carbons (Fsp3) is 0.125. The van der Waals surface area contributed by atoms with E-state index < -0.39 is 0 Å². The number of benzene rings is 1. The van der Waals surface area contributed by atoms with E-state index >= 15 is 0 Å². The van der Waals surface area contributed by atoms with Crippen LogP contribution in [0.4, 0.5) is 5.69 Å². The van der Waals surface area contributed by atoms with Crippen LogP contribution >= 0.6 is 11.6 Å². The number of carbonyl (C=O) groups is 1. The van der Waals surface area contributed by atoms with Crippen molar-refractivity contribution in [2.45, 2.75) is 13.8 Å². The molecule has 0 spiro atoms. The van der Waals surface area contributed by atoms with Crippen LogP contribution in [0.15, 0.2) is 24.4 Å². The van der Waals surface area contributed by atoms with E-state index in [1.54, 1.807) is 32.0 Å². The number of nitrogens with one attached hydrogen (secondary N) is 2. The van der Waals surface area contributed by atoms with Crippen molar-refractivity contribution < 1.29 is 4.79 Å². The van der Waals surface area contributed by atoms with E-state index in [1.807, 2.05) is 0 Å². The molecule has 0 unspecified atom stereocenters. The fourth-order valence-electron chi connectivity index (χ4n) is 2.29. The Balaban J connectivity index is 1.93. The maximum absolute atomic E-state index is 12.4. The first-order valence-electron chi connectivity index (χ1n) is 6.82. The molecule has 6 nitrogen and oxygen atoms in total. The number of fused-ring (bicyclic) bond motifs is 1. The Bertz CT molecular complexity index is 970. The fourth-order valence-corrected chi connectivity index (χ4v) is 2.48. The number of rotatable bonds is 2. The van der Waals surface area contributed by atoms with Gasteiger partial charge in [-0.25, -0.2) is 4.98 Å². The Morgan fingerprint density at radius 3 is 2.87 bits per heavy atom. The van der Waals surface area contributed by atoms with Crippen LogP contribution in [0, 0.1) is 25.2 Å². The summed E-state index contributed by atoms with van der Waals surface area (Å²) in [5.41, 5.74) is 3.50. The zero-order valence-corrected chi connectivity index (χ0v) is 13.2. The van der Waals surface area contributed by atoms with E-state index in [2.05, 4.69) is 26.6 Å². The quantitative estimate of drug-likeness (QED) is 0.755. The second-order valence-electron chi connectivity index (χ2n) is 5.11. The van der Waals surface area contributed by atoms with E-state index in [4.69, 9.17) is 16.9 Å². The van der Waals surface area contributed by atoms with E-state index in [0.717, 1.165) is 16.5 Å². The van der Waals surface area contributed by atoms with Crippen LogP contribution in [-0.2, 0) is 0 Å². The zero-order chi connectivity index (χ0) is 16.6. The molecule has 3 rings (SSSR count). The topological polar surface area (TPSA) is 94.5 Å². The highest BCUT2D eigenvalue weighted by molar-refractivity contribution is 6.34. The SMILES string of the molecule is Cc1c(C#N)cnc(C(=O)Nc2ccc3n[nH]c(Cl)c3c2)c1C. The monoisotopic (exact) mass is 325 g/mol. The van der Waals surface area contributed by atoms with Gasteiger partial charge < -0.3 is 5.32 Å². The van der Waals surface area contributed by atoms with Crippen molar-refractivity contribution in [1.29, 1.82) is 5.26 Å². The normalized spacial score (nSPS) is 10.5. The lowest BCUT2D eigenvalue weighted by atomic mass is 10.0. The molecule has 0 saturated heterocycles. The van der Waals surface area contributed by atoms with Gasteiger partial charge in [-0.3, -0.25) is 9.89 Å². The highest BCUT2D eigenvalue weighted by atomic mass is 35.5. The Kier molecular flexibility index (Phi) is 3.72. The smallest absolute Gasteiger partial charge is 0.274 e.